The summed E-state index contributed by atoms with van der Waals surface area (Å²) in [5, 5.41) is 7.46. The lowest BCUT2D eigenvalue weighted by Crippen LogP contribution is -2.12. The fraction of sp³-hybridized carbons (Fsp3) is 0.188. The minimum absolute atomic E-state index is 0.0792. The molecule has 0 bridgehead atoms. The van der Waals surface area contributed by atoms with E-state index >= 15 is 0 Å². The molecular weight excluding hydrogens is 236 g/mol. The molecule has 0 saturated heterocycles. The Bertz CT molecular complexity index is 633. The van der Waals surface area contributed by atoms with Crippen LogP contribution in [-0.2, 0) is 0 Å². The molecular formula is C16H18N2O. The Morgan fingerprint density at radius 3 is 2.32 bits per heavy atom. The van der Waals surface area contributed by atoms with Gasteiger partial charge >= 0.3 is 0 Å². The van der Waals surface area contributed by atoms with Crippen LogP contribution in [0.5, 0.6) is 11.5 Å². The second-order valence-electron chi connectivity index (χ2n) is 4.76. The summed E-state index contributed by atoms with van der Waals surface area (Å²) in [6.07, 6.45) is 0. The van der Waals surface area contributed by atoms with Gasteiger partial charge in [0.05, 0.1) is 0 Å². The predicted molar refractivity (Wildman–Crippen MR) is 78.2 cm³/mol. The van der Waals surface area contributed by atoms with Crippen molar-refractivity contribution in [2.45, 2.75) is 20.8 Å². The first-order valence-electron chi connectivity index (χ1n) is 6.17. The summed E-state index contributed by atoms with van der Waals surface area (Å²) in [6, 6.07) is 11.6. The van der Waals surface area contributed by atoms with Crippen molar-refractivity contribution < 1.29 is 4.74 Å². The molecule has 2 aromatic carbocycles. The van der Waals surface area contributed by atoms with Gasteiger partial charge in [-0.25, -0.2) is 0 Å². The molecule has 2 aromatic rings. The van der Waals surface area contributed by atoms with Crippen molar-refractivity contribution in [2.75, 3.05) is 0 Å². The zero-order valence-corrected chi connectivity index (χ0v) is 11.4. The number of hydrogen-bond acceptors (Lipinski definition) is 2. The maximum atomic E-state index is 7.46. The van der Waals surface area contributed by atoms with Crippen molar-refractivity contribution >= 4 is 5.84 Å². The van der Waals surface area contributed by atoms with E-state index in [2.05, 4.69) is 13.0 Å². The van der Waals surface area contributed by atoms with Crippen LogP contribution in [0.1, 0.15) is 22.3 Å². The van der Waals surface area contributed by atoms with Crippen molar-refractivity contribution in [3.8, 4) is 11.5 Å². The zero-order valence-electron chi connectivity index (χ0n) is 11.4. The predicted octanol–water partition coefficient (Wildman–Crippen LogP) is 3.69. The lowest BCUT2D eigenvalue weighted by Gasteiger charge is -2.11. The van der Waals surface area contributed by atoms with Gasteiger partial charge in [-0.05, 0) is 56.2 Å². The number of aryl methyl sites for hydroxylation is 3. The molecule has 0 radical (unpaired) electrons. The SMILES string of the molecule is Cc1ccc(Oc2ccc(C(=N)N)c(C)c2)c(C)c1. The van der Waals surface area contributed by atoms with Crippen molar-refractivity contribution in [3.05, 3.63) is 58.7 Å². The average molecular weight is 254 g/mol. The number of nitrogen functional groups attached to an aromatic ring is 1. The van der Waals surface area contributed by atoms with Gasteiger partial charge in [0.15, 0.2) is 0 Å². The van der Waals surface area contributed by atoms with Crippen LogP contribution in [0.3, 0.4) is 0 Å². The van der Waals surface area contributed by atoms with Gasteiger partial charge in [0.1, 0.15) is 17.3 Å². The normalized spacial score (nSPS) is 10.3. The molecule has 0 aliphatic heterocycles. The highest BCUT2D eigenvalue weighted by Gasteiger charge is 2.05. The Morgan fingerprint density at radius 1 is 1.00 bits per heavy atom. The van der Waals surface area contributed by atoms with E-state index in [1.807, 2.05) is 44.2 Å². The molecule has 3 nitrogen and oxygen atoms in total. The summed E-state index contributed by atoms with van der Waals surface area (Å²) in [6.45, 7) is 6.01. The number of benzene rings is 2. The van der Waals surface area contributed by atoms with Crippen LogP contribution in [0.15, 0.2) is 36.4 Å². The van der Waals surface area contributed by atoms with E-state index < -0.39 is 0 Å². The molecule has 3 N–H and O–H groups in total. The second kappa shape index (κ2) is 5.14. The van der Waals surface area contributed by atoms with Crippen molar-refractivity contribution in [2.24, 2.45) is 5.73 Å². The van der Waals surface area contributed by atoms with Crippen LogP contribution in [0, 0.1) is 26.2 Å². The average Bonchev–Trinajstić information content (AvgIpc) is 2.32. The quantitative estimate of drug-likeness (QED) is 0.648. The van der Waals surface area contributed by atoms with Crippen LogP contribution in [0.2, 0.25) is 0 Å². The number of ether oxygens (including phenoxy) is 1. The number of nitrogens with one attached hydrogen (secondary N) is 1. The summed E-state index contributed by atoms with van der Waals surface area (Å²) < 4.78 is 5.87. The standard InChI is InChI=1S/C16H18N2O/c1-10-4-7-15(12(3)8-10)19-13-5-6-14(16(17)18)11(2)9-13/h4-9H,1-3H3,(H3,17,18). The summed E-state index contributed by atoms with van der Waals surface area (Å²) in [5.41, 5.74) is 9.50. The largest absolute Gasteiger partial charge is 0.457 e. The van der Waals surface area contributed by atoms with Gasteiger partial charge in [-0.15, -0.1) is 0 Å². The maximum absolute atomic E-state index is 7.46. The van der Waals surface area contributed by atoms with E-state index in [0.717, 1.165) is 28.2 Å². The van der Waals surface area contributed by atoms with E-state index in [1.54, 1.807) is 0 Å². The molecule has 3 heteroatoms. The van der Waals surface area contributed by atoms with E-state index in [1.165, 1.54) is 5.56 Å². The molecule has 19 heavy (non-hydrogen) atoms. The van der Waals surface area contributed by atoms with Crippen LogP contribution in [0.4, 0.5) is 0 Å². The minimum atomic E-state index is 0.0792. The minimum Gasteiger partial charge on any atom is -0.457 e. The molecule has 0 spiro atoms. The highest BCUT2D eigenvalue weighted by atomic mass is 16.5. The number of rotatable bonds is 3. The van der Waals surface area contributed by atoms with Crippen LogP contribution in [-0.4, -0.2) is 5.84 Å². The molecule has 2 rings (SSSR count). The highest BCUT2D eigenvalue weighted by Crippen LogP contribution is 2.27. The van der Waals surface area contributed by atoms with Gasteiger partial charge in [0.2, 0.25) is 0 Å². The summed E-state index contributed by atoms with van der Waals surface area (Å²) in [4.78, 5) is 0. The number of hydrogen-bond donors (Lipinski definition) is 2. The first-order chi connectivity index (χ1) is 8.97. The van der Waals surface area contributed by atoms with Crippen LogP contribution >= 0.6 is 0 Å². The molecule has 0 atom stereocenters. The lowest BCUT2D eigenvalue weighted by atomic mass is 10.1. The van der Waals surface area contributed by atoms with E-state index in [-0.39, 0.29) is 5.84 Å². The number of nitrogens with two attached hydrogens (primary N) is 1. The van der Waals surface area contributed by atoms with Gasteiger partial charge in [0.25, 0.3) is 0 Å². The number of amidine groups is 1. The van der Waals surface area contributed by atoms with Gasteiger partial charge in [-0.3, -0.25) is 5.41 Å². The second-order valence-corrected chi connectivity index (χ2v) is 4.76. The highest BCUT2D eigenvalue weighted by molar-refractivity contribution is 5.96. The molecule has 0 saturated carbocycles. The molecule has 98 valence electrons. The van der Waals surface area contributed by atoms with Gasteiger partial charge < -0.3 is 10.5 Å². The van der Waals surface area contributed by atoms with Crippen molar-refractivity contribution in [1.29, 1.82) is 5.41 Å². The van der Waals surface area contributed by atoms with Gasteiger partial charge in [-0.1, -0.05) is 17.7 Å². The van der Waals surface area contributed by atoms with Crippen molar-refractivity contribution in [3.63, 3.8) is 0 Å². The molecule has 0 aliphatic carbocycles. The van der Waals surface area contributed by atoms with E-state index in [9.17, 15) is 0 Å². The molecule has 0 unspecified atom stereocenters. The Morgan fingerprint density at radius 2 is 1.74 bits per heavy atom. The topological polar surface area (TPSA) is 59.1 Å². The third-order valence-corrected chi connectivity index (χ3v) is 3.05. The first-order valence-corrected chi connectivity index (χ1v) is 6.17. The molecule has 0 amide bonds. The Labute approximate surface area is 113 Å². The fourth-order valence-electron chi connectivity index (χ4n) is 2.04. The smallest absolute Gasteiger partial charge is 0.130 e. The zero-order chi connectivity index (χ0) is 14.0. The molecule has 0 aliphatic rings. The maximum Gasteiger partial charge on any atom is 0.130 e. The third kappa shape index (κ3) is 2.94. The van der Waals surface area contributed by atoms with Crippen molar-refractivity contribution in [1.82, 2.24) is 0 Å². The lowest BCUT2D eigenvalue weighted by molar-refractivity contribution is 0.478. The summed E-state index contributed by atoms with van der Waals surface area (Å²) in [7, 11) is 0. The molecule has 0 fully saturated rings. The summed E-state index contributed by atoms with van der Waals surface area (Å²) >= 11 is 0. The third-order valence-electron chi connectivity index (χ3n) is 3.05. The van der Waals surface area contributed by atoms with Gasteiger partial charge in [0, 0.05) is 5.56 Å². The molecule has 0 aromatic heterocycles. The van der Waals surface area contributed by atoms with E-state index in [0.29, 0.717) is 0 Å². The van der Waals surface area contributed by atoms with Gasteiger partial charge in [-0.2, -0.15) is 0 Å². The van der Waals surface area contributed by atoms with E-state index in [4.69, 9.17) is 15.9 Å². The first kappa shape index (κ1) is 13.1. The Balaban J connectivity index is 2.29. The summed E-state index contributed by atoms with van der Waals surface area (Å²) in [5.74, 6) is 1.69. The Hall–Kier alpha value is -2.29. The Kier molecular flexibility index (Phi) is 3.56. The molecule has 0 heterocycles. The van der Waals surface area contributed by atoms with Crippen LogP contribution in [0.25, 0.3) is 0 Å². The monoisotopic (exact) mass is 254 g/mol. The van der Waals surface area contributed by atoms with Crippen LogP contribution < -0.4 is 10.5 Å². The fourth-order valence-corrected chi connectivity index (χ4v) is 2.04.